The molecule has 1 aliphatic heterocycles. The molecule has 1 aliphatic carbocycles. The topological polar surface area (TPSA) is 47.5 Å². The van der Waals surface area contributed by atoms with Crippen molar-refractivity contribution in [2.75, 3.05) is 20.1 Å². The summed E-state index contributed by atoms with van der Waals surface area (Å²) in [4.78, 5) is 2.35. The van der Waals surface area contributed by atoms with E-state index in [0.717, 1.165) is 67.8 Å². The molecule has 1 aromatic carbocycles. The van der Waals surface area contributed by atoms with Crippen LogP contribution in [0.25, 0.3) is 11.1 Å². The number of ether oxygens (including phenoxy) is 2. The smallest absolute Gasteiger partial charge is 0.234 e. The zero-order valence-corrected chi connectivity index (χ0v) is 20.9. The molecule has 0 atom stereocenters. The number of nitrogens with zero attached hydrogens (tertiary/aromatic N) is 3. The molecule has 2 aromatic rings. The third-order valence-corrected chi connectivity index (χ3v) is 6.34. The lowest BCUT2D eigenvalue weighted by Crippen LogP contribution is -2.35. The zero-order chi connectivity index (χ0) is 20.8. The molecule has 0 N–H and O–H groups in total. The molecule has 1 aromatic heterocycles. The second-order valence-electron chi connectivity index (χ2n) is 8.82. The van der Waals surface area contributed by atoms with Gasteiger partial charge in [-0.1, -0.05) is 25.5 Å². The van der Waals surface area contributed by atoms with E-state index in [9.17, 15) is 0 Å². The summed E-state index contributed by atoms with van der Waals surface area (Å²) in [6.45, 7) is 4.35. The molecule has 0 bridgehead atoms. The first-order valence-electron chi connectivity index (χ1n) is 11.7. The van der Waals surface area contributed by atoms with E-state index in [-0.39, 0.29) is 30.9 Å². The number of rotatable bonds is 8. The highest BCUT2D eigenvalue weighted by Gasteiger charge is 2.20. The largest absolute Gasteiger partial charge is 0.490 e. The van der Waals surface area contributed by atoms with E-state index in [0.29, 0.717) is 12.0 Å². The molecule has 0 unspecified atom stereocenters. The summed E-state index contributed by atoms with van der Waals surface area (Å²) >= 11 is 0. The number of aryl methyl sites for hydroxylation is 1. The fourth-order valence-electron chi connectivity index (χ4n) is 4.42. The lowest BCUT2D eigenvalue weighted by molar-refractivity contribution is 0.109. The highest BCUT2D eigenvalue weighted by Crippen LogP contribution is 2.30. The summed E-state index contributed by atoms with van der Waals surface area (Å²) in [5.74, 6) is 1.61. The minimum absolute atomic E-state index is 0. The van der Waals surface area contributed by atoms with Crippen molar-refractivity contribution >= 4 is 24.8 Å². The predicted octanol–water partition coefficient (Wildman–Crippen LogP) is 6.12. The fourth-order valence-corrected chi connectivity index (χ4v) is 4.42. The summed E-state index contributed by atoms with van der Waals surface area (Å²) in [5, 5.41) is 8.97. The predicted molar refractivity (Wildman–Crippen MR) is 135 cm³/mol. The maximum atomic E-state index is 6.21. The SMILES string of the molecule is CCCCc1nnc(OC2CCN(C)CC2)cc1-c1ccc(OC2CCCC2)cc1.Cl.Cl. The van der Waals surface area contributed by atoms with E-state index in [1.54, 1.807) is 0 Å². The minimum atomic E-state index is 0. The van der Waals surface area contributed by atoms with Gasteiger partial charge in [-0.25, -0.2) is 0 Å². The van der Waals surface area contributed by atoms with Crippen molar-refractivity contribution in [3.05, 3.63) is 36.0 Å². The molecule has 0 amide bonds. The Morgan fingerprint density at radius 3 is 2.22 bits per heavy atom. The molecule has 0 radical (unpaired) electrons. The third-order valence-electron chi connectivity index (χ3n) is 6.34. The van der Waals surface area contributed by atoms with Crippen LogP contribution >= 0.6 is 24.8 Å². The first-order valence-corrected chi connectivity index (χ1v) is 11.7. The number of likely N-dealkylation sites (tertiary alicyclic amines) is 1. The Morgan fingerprint density at radius 1 is 0.906 bits per heavy atom. The Balaban J connectivity index is 0.00000181. The highest BCUT2D eigenvalue weighted by molar-refractivity contribution is 5.85. The van der Waals surface area contributed by atoms with E-state index >= 15 is 0 Å². The van der Waals surface area contributed by atoms with Gasteiger partial charge in [-0.15, -0.1) is 29.9 Å². The molecule has 0 spiro atoms. The molecule has 2 heterocycles. The molecular weight excluding hydrogens is 445 g/mol. The van der Waals surface area contributed by atoms with Crippen molar-refractivity contribution < 1.29 is 9.47 Å². The van der Waals surface area contributed by atoms with Crippen LogP contribution in [0.1, 0.15) is 64.0 Å². The van der Waals surface area contributed by atoms with Gasteiger partial charge in [0.25, 0.3) is 0 Å². The molecule has 2 aliphatic rings. The normalized spacial score (nSPS) is 17.4. The van der Waals surface area contributed by atoms with Crippen LogP contribution in [0.5, 0.6) is 11.6 Å². The van der Waals surface area contributed by atoms with Crippen molar-refractivity contribution in [2.45, 2.75) is 76.9 Å². The van der Waals surface area contributed by atoms with Crippen molar-refractivity contribution in [3.8, 4) is 22.8 Å². The van der Waals surface area contributed by atoms with Gasteiger partial charge in [-0.3, -0.25) is 0 Å². The van der Waals surface area contributed by atoms with Crippen LogP contribution in [-0.4, -0.2) is 47.4 Å². The number of unbranched alkanes of at least 4 members (excludes halogenated alkanes) is 1. The Labute approximate surface area is 205 Å². The maximum absolute atomic E-state index is 6.21. The second kappa shape index (κ2) is 13.2. The quantitative estimate of drug-likeness (QED) is 0.453. The highest BCUT2D eigenvalue weighted by atomic mass is 35.5. The van der Waals surface area contributed by atoms with Gasteiger partial charge in [0, 0.05) is 24.7 Å². The molecule has 7 heteroatoms. The number of aromatic nitrogens is 2. The van der Waals surface area contributed by atoms with Gasteiger partial charge in [-0.05, 0) is 76.1 Å². The number of hydrogen-bond acceptors (Lipinski definition) is 5. The maximum Gasteiger partial charge on any atom is 0.234 e. The average Bonchev–Trinajstić information content (AvgIpc) is 3.28. The number of hydrogen-bond donors (Lipinski definition) is 0. The summed E-state index contributed by atoms with van der Waals surface area (Å²) in [7, 11) is 2.16. The summed E-state index contributed by atoms with van der Waals surface area (Å²) in [5.41, 5.74) is 3.34. The van der Waals surface area contributed by atoms with Crippen molar-refractivity contribution in [3.63, 3.8) is 0 Å². The monoisotopic (exact) mass is 481 g/mol. The van der Waals surface area contributed by atoms with Crippen LogP contribution < -0.4 is 9.47 Å². The lowest BCUT2D eigenvalue weighted by atomic mass is 10.0. The average molecular weight is 482 g/mol. The first kappa shape index (κ1) is 26.7. The van der Waals surface area contributed by atoms with Crippen LogP contribution in [0.2, 0.25) is 0 Å². The fraction of sp³-hybridized carbons (Fsp3) is 0.600. The van der Waals surface area contributed by atoms with Crippen molar-refractivity contribution in [2.24, 2.45) is 0 Å². The minimum Gasteiger partial charge on any atom is -0.490 e. The van der Waals surface area contributed by atoms with E-state index in [1.165, 1.54) is 25.7 Å². The van der Waals surface area contributed by atoms with E-state index < -0.39 is 0 Å². The van der Waals surface area contributed by atoms with Crippen molar-refractivity contribution in [1.29, 1.82) is 0 Å². The van der Waals surface area contributed by atoms with Crippen LogP contribution in [0, 0.1) is 0 Å². The molecule has 4 rings (SSSR count). The Morgan fingerprint density at radius 2 is 1.56 bits per heavy atom. The molecule has 1 saturated heterocycles. The molecule has 32 heavy (non-hydrogen) atoms. The van der Waals surface area contributed by atoms with Crippen LogP contribution in [0.3, 0.4) is 0 Å². The van der Waals surface area contributed by atoms with Gasteiger partial charge >= 0.3 is 0 Å². The second-order valence-corrected chi connectivity index (χ2v) is 8.82. The number of halogens is 2. The standard InChI is InChI=1S/C25H35N3O2.2ClH/c1-3-4-9-24-23(18-25(27-26-24)30-22-14-16-28(2)17-15-22)19-10-12-21(13-11-19)29-20-7-5-6-8-20;;/h10-13,18,20,22H,3-9,14-17H2,1-2H3;2*1H. The third kappa shape index (κ3) is 7.23. The molecule has 2 fully saturated rings. The lowest BCUT2D eigenvalue weighted by Gasteiger charge is -2.28. The van der Waals surface area contributed by atoms with Gasteiger partial charge in [0.15, 0.2) is 0 Å². The van der Waals surface area contributed by atoms with Crippen molar-refractivity contribution in [1.82, 2.24) is 15.1 Å². The molecule has 5 nitrogen and oxygen atoms in total. The first-order chi connectivity index (χ1) is 14.7. The van der Waals surface area contributed by atoms with E-state index in [4.69, 9.17) is 9.47 Å². The van der Waals surface area contributed by atoms with Gasteiger partial charge in [0.2, 0.25) is 5.88 Å². The summed E-state index contributed by atoms with van der Waals surface area (Å²) in [6.07, 6.45) is 10.8. The Bertz CT molecular complexity index is 805. The van der Waals surface area contributed by atoms with Gasteiger partial charge in [0.05, 0.1) is 11.8 Å². The zero-order valence-electron chi connectivity index (χ0n) is 19.3. The van der Waals surface area contributed by atoms with Crippen LogP contribution in [0.15, 0.2) is 30.3 Å². The van der Waals surface area contributed by atoms with E-state index in [1.807, 2.05) is 0 Å². The summed E-state index contributed by atoms with van der Waals surface area (Å²) < 4.78 is 12.4. The van der Waals surface area contributed by atoms with Crippen LogP contribution in [-0.2, 0) is 6.42 Å². The Kier molecular flexibility index (Phi) is 11.0. The van der Waals surface area contributed by atoms with Gasteiger partial charge in [0.1, 0.15) is 11.9 Å². The van der Waals surface area contributed by atoms with Crippen LogP contribution in [0.4, 0.5) is 0 Å². The molecular formula is C25H37Cl2N3O2. The summed E-state index contributed by atoms with van der Waals surface area (Å²) in [6, 6.07) is 10.6. The molecule has 178 valence electrons. The van der Waals surface area contributed by atoms with Gasteiger partial charge in [-0.2, -0.15) is 5.10 Å². The Hall–Kier alpha value is -1.56. The van der Waals surface area contributed by atoms with Gasteiger partial charge < -0.3 is 14.4 Å². The number of benzene rings is 1. The molecule has 1 saturated carbocycles. The van der Waals surface area contributed by atoms with E-state index in [2.05, 4.69) is 59.4 Å². The number of piperidine rings is 1.